The summed E-state index contributed by atoms with van der Waals surface area (Å²) in [7, 11) is 0. The predicted molar refractivity (Wildman–Crippen MR) is 52.6 cm³/mol. The van der Waals surface area contributed by atoms with Crippen molar-refractivity contribution in [3.05, 3.63) is 17.7 Å². The first-order valence-corrected chi connectivity index (χ1v) is 4.44. The van der Waals surface area contributed by atoms with Crippen LogP contribution in [0.1, 0.15) is 24.2 Å². The molecule has 0 saturated heterocycles. The van der Waals surface area contributed by atoms with Crippen LogP contribution in [0.5, 0.6) is 11.5 Å². The van der Waals surface area contributed by atoms with Crippen molar-refractivity contribution in [1.29, 1.82) is 0 Å². The molecule has 15 heavy (non-hydrogen) atoms. The van der Waals surface area contributed by atoms with E-state index in [1.165, 1.54) is 12.1 Å². The van der Waals surface area contributed by atoms with E-state index in [2.05, 4.69) is 0 Å². The zero-order valence-electron chi connectivity index (χ0n) is 8.40. The maximum absolute atomic E-state index is 11.5. The van der Waals surface area contributed by atoms with Gasteiger partial charge in [0.15, 0.2) is 5.75 Å². The van der Waals surface area contributed by atoms with Gasteiger partial charge in [-0.15, -0.1) is 0 Å². The first kappa shape index (κ1) is 9.64. The lowest BCUT2D eigenvalue weighted by Gasteiger charge is -2.32. The van der Waals surface area contributed by atoms with Crippen LogP contribution in [-0.4, -0.2) is 16.9 Å². The van der Waals surface area contributed by atoms with Crippen LogP contribution in [-0.2, 0) is 4.74 Å². The Labute approximate surface area is 86.4 Å². The Bertz CT molecular complexity index is 439. The first-order chi connectivity index (χ1) is 6.91. The van der Waals surface area contributed by atoms with Gasteiger partial charge in [-0.1, -0.05) is 0 Å². The highest BCUT2D eigenvalue weighted by atomic mass is 16.7. The van der Waals surface area contributed by atoms with E-state index in [9.17, 15) is 9.90 Å². The lowest BCUT2D eigenvalue weighted by molar-refractivity contribution is -0.127. The van der Waals surface area contributed by atoms with Crippen LogP contribution in [0.3, 0.4) is 0 Å². The van der Waals surface area contributed by atoms with E-state index in [0.29, 0.717) is 0 Å². The molecule has 1 heterocycles. The standard InChI is InChI=1S/C10H11NO4/c1-10(2)14-8-5(9(13)15-10)3-4-6(12)7(8)11/h3-4,12H,11H2,1-2H3. The fourth-order valence-electron chi connectivity index (χ4n) is 1.40. The molecule has 1 aromatic carbocycles. The zero-order chi connectivity index (χ0) is 11.2. The van der Waals surface area contributed by atoms with Gasteiger partial charge in [-0.2, -0.15) is 0 Å². The topological polar surface area (TPSA) is 81.8 Å². The number of carbonyl (C=O) groups is 1. The highest BCUT2D eigenvalue weighted by Crippen LogP contribution is 2.40. The molecule has 2 rings (SSSR count). The third-order valence-electron chi connectivity index (χ3n) is 2.08. The van der Waals surface area contributed by atoms with Crippen molar-refractivity contribution in [1.82, 2.24) is 0 Å². The number of ether oxygens (including phenoxy) is 2. The number of anilines is 1. The van der Waals surface area contributed by atoms with Crippen molar-refractivity contribution in [3.63, 3.8) is 0 Å². The summed E-state index contributed by atoms with van der Waals surface area (Å²) in [5, 5.41) is 9.37. The molecule has 5 nitrogen and oxygen atoms in total. The summed E-state index contributed by atoms with van der Waals surface area (Å²) in [4.78, 5) is 11.5. The summed E-state index contributed by atoms with van der Waals surface area (Å²) in [6.07, 6.45) is 0. The van der Waals surface area contributed by atoms with Gasteiger partial charge >= 0.3 is 5.97 Å². The van der Waals surface area contributed by atoms with E-state index >= 15 is 0 Å². The molecule has 3 N–H and O–H groups in total. The Hall–Kier alpha value is -1.91. The van der Waals surface area contributed by atoms with Crippen LogP contribution in [0.2, 0.25) is 0 Å². The Morgan fingerprint density at radius 1 is 1.33 bits per heavy atom. The van der Waals surface area contributed by atoms with Gasteiger partial charge in [0.05, 0.1) is 0 Å². The molecule has 0 spiro atoms. The van der Waals surface area contributed by atoms with Crippen molar-refractivity contribution in [2.24, 2.45) is 0 Å². The van der Waals surface area contributed by atoms with Gasteiger partial charge in [-0.05, 0) is 12.1 Å². The van der Waals surface area contributed by atoms with E-state index in [-0.39, 0.29) is 22.7 Å². The molecule has 1 aromatic rings. The molecule has 0 bridgehead atoms. The molecule has 0 aromatic heterocycles. The zero-order valence-corrected chi connectivity index (χ0v) is 8.40. The Kier molecular flexibility index (Phi) is 1.79. The Morgan fingerprint density at radius 3 is 2.67 bits per heavy atom. The summed E-state index contributed by atoms with van der Waals surface area (Å²) in [5.41, 5.74) is 5.88. The monoisotopic (exact) mass is 209 g/mol. The normalized spacial score (nSPS) is 17.6. The summed E-state index contributed by atoms with van der Waals surface area (Å²) in [5.74, 6) is -1.50. The average molecular weight is 209 g/mol. The maximum atomic E-state index is 11.5. The van der Waals surface area contributed by atoms with E-state index in [0.717, 1.165) is 0 Å². The minimum absolute atomic E-state index is 0.0530. The molecule has 80 valence electrons. The highest BCUT2D eigenvalue weighted by molar-refractivity contribution is 5.96. The lowest BCUT2D eigenvalue weighted by atomic mass is 10.1. The maximum Gasteiger partial charge on any atom is 0.345 e. The molecule has 0 fully saturated rings. The van der Waals surface area contributed by atoms with Crippen LogP contribution in [0, 0.1) is 0 Å². The van der Waals surface area contributed by atoms with Gasteiger partial charge in [0.1, 0.15) is 17.0 Å². The minimum atomic E-state index is -1.06. The van der Waals surface area contributed by atoms with E-state index < -0.39 is 11.8 Å². The quantitative estimate of drug-likeness (QED) is 0.382. The Morgan fingerprint density at radius 2 is 2.00 bits per heavy atom. The minimum Gasteiger partial charge on any atom is -0.506 e. The molecule has 0 atom stereocenters. The smallest absolute Gasteiger partial charge is 0.345 e. The van der Waals surface area contributed by atoms with Crippen LogP contribution >= 0.6 is 0 Å². The molecule has 0 amide bonds. The number of cyclic esters (lactones) is 1. The third-order valence-corrected chi connectivity index (χ3v) is 2.08. The van der Waals surface area contributed by atoms with Gasteiger partial charge in [0.25, 0.3) is 0 Å². The SMILES string of the molecule is CC1(C)OC(=O)c2ccc(O)c(N)c2O1. The van der Waals surface area contributed by atoms with Gasteiger partial charge in [-0.25, -0.2) is 4.79 Å². The van der Waals surface area contributed by atoms with Crippen LogP contribution in [0.25, 0.3) is 0 Å². The van der Waals surface area contributed by atoms with Crippen molar-refractivity contribution in [2.45, 2.75) is 19.6 Å². The van der Waals surface area contributed by atoms with Crippen LogP contribution in [0.4, 0.5) is 5.69 Å². The second-order valence-electron chi connectivity index (χ2n) is 3.77. The molecule has 5 heteroatoms. The van der Waals surface area contributed by atoms with Crippen molar-refractivity contribution >= 4 is 11.7 Å². The van der Waals surface area contributed by atoms with Crippen molar-refractivity contribution < 1.29 is 19.4 Å². The molecule has 0 radical (unpaired) electrons. The number of benzene rings is 1. The molecule has 0 aliphatic carbocycles. The van der Waals surface area contributed by atoms with Gasteiger partial charge in [-0.3, -0.25) is 0 Å². The summed E-state index contributed by atoms with van der Waals surface area (Å²) in [6.45, 7) is 3.19. The number of hydrogen-bond acceptors (Lipinski definition) is 5. The van der Waals surface area contributed by atoms with E-state index in [1.54, 1.807) is 13.8 Å². The molecule has 1 aliphatic rings. The summed E-state index contributed by atoms with van der Waals surface area (Å²) >= 11 is 0. The van der Waals surface area contributed by atoms with Gasteiger partial charge in [0.2, 0.25) is 5.79 Å². The number of phenolic OH excluding ortho intramolecular Hbond substituents is 1. The number of esters is 1. The molecular weight excluding hydrogens is 198 g/mol. The van der Waals surface area contributed by atoms with Crippen molar-refractivity contribution in [3.8, 4) is 11.5 Å². The molecule has 1 aliphatic heterocycles. The van der Waals surface area contributed by atoms with Gasteiger partial charge in [0, 0.05) is 13.8 Å². The number of carbonyl (C=O) groups excluding carboxylic acids is 1. The first-order valence-electron chi connectivity index (χ1n) is 4.44. The summed E-state index contributed by atoms with van der Waals surface area (Å²) < 4.78 is 10.4. The number of hydrogen-bond donors (Lipinski definition) is 2. The largest absolute Gasteiger partial charge is 0.506 e. The summed E-state index contributed by atoms with van der Waals surface area (Å²) in [6, 6.07) is 2.75. The third kappa shape index (κ3) is 1.45. The lowest BCUT2D eigenvalue weighted by Crippen LogP contribution is -2.39. The number of nitrogens with two attached hydrogens (primary N) is 1. The number of phenols is 1. The second-order valence-corrected chi connectivity index (χ2v) is 3.77. The number of fused-ring (bicyclic) bond motifs is 1. The Balaban J connectivity index is 2.61. The fraction of sp³-hybridized carbons (Fsp3) is 0.300. The number of rotatable bonds is 0. The molecule has 0 unspecified atom stereocenters. The van der Waals surface area contributed by atoms with E-state index in [1.807, 2.05) is 0 Å². The highest BCUT2D eigenvalue weighted by Gasteiger charge is 2.35. The van der Waals surface area contributed by atoms with E-state index in [4.69, 9.17) is 15.2 Å². The number of nitrogen functional groups attached to an aromatic ring is 1. The van der Waals surface area contributed by atoms with Gasteiger partial charge < -0.3 is 20.3 Å². The molecular formula is C10H11NO4. The molecule has 0 saturated carbocycles. The average Bonchev–Trinajstić information content (AvgIpc) is 2.10. The second kappa shape index (κ2) is 2.79. The predicted octanol–water partition coefficient (Wildman–Crippen LogP) is 1.26. The van der Waals surface area contributed by atoms with Crippen molar-refractivity contribution in [2.75, 3.05) is 5.73 Å². The van der Waals surface area contributed by atoms with Crippen LogP contribution in [0.15, 0.2) is 12.1 Å². The van der Waals surface area contributed by atoms with Crippen LogP contribution < -0.4 is 10.5 Å². The fourth-order valence-corrected chi connectivity index (χ4v) is 1.40. The number of aromatic hydroxyl groups is 1.